The van der Waals surface area contributed by atoms with Gasteiger partial charge in [-0.2, -0.15) is 0 Å². The van der Waals surface area contributed by atoms with Gasteiger partial charge in [-0.05, 0) is 31.0 Å². The molecule has 1 aromatic heterocycles. The van der Waals surface area contributed by atoms with Gasteiger partial charge in [0, 0.05) is 17.6 Å². The van der Waals surface area contributed by atoms with E-state index in [1.54, 1.807) is 26.0 Å². The number of primary amides is 1. The topological polar surface area (TPSA) is 123 Å². The van der Waals surface area contributed by atoms with Crippen LogP contribution in [0.2, 0.25) is 0 Å². The van der Waals surface area contributed by atoms with E-state index in [0.29, 0.717) is 16.7 Å². The minimum atomic E-state index is -0.945. The number of aromatic nitrogens is 1. The number of carbonyl (C=O) groups is 2. The molecule has 1 atom stereocenters. The molecule has 3 rings (SSSR count). The number of ether oxygens (including phenoxy) is 2. The Hall–Kier alpha value is -4.14. The number of rotatable bonds is 6. The highest BCUT2D eigenvalue weighted by Crippen LogP contribution is 2.25. The molecule has 0 saturated carbocycles. The van der Waals surface area contributed by atoms with Gasteiger partial charge in [0.15, 0.2) is 5.75 Å². The van der Waals surface area contributed by atoms with Crippen molar-refractivity contribution in [2.75, 3.05) is 7.11 Å². The molecule has 1 amide bonds. The van der Waals surface area contributed by atoms with E-state index in [1.165, 1.54) is 24.8 Å². The van der Waals surface area contributed by atoms with Crippen molar-refractivity contribution in [2.45, 2.75) is 39.7 Å². The Kier molecular flexibility index (Phi) is 12.3. The van der Waals surface area contributed by atoms with E-state index in [0.717, 1.165) is 12.6 Å². The van der Waals surface area contributed by atoms with Crippen molar-refractivity contribution in [1.82, 2.24) is 0 Å². The number of benzene rings is 2. The Labute approximate surface area is 204 Å². The van der Waals surface area contributed by atoms with Crippen LogP contribution in [-0.2, 0) is 16.0 Å². The summed E-state index contributed by atoms with van der Waals surface area (Å²) in [6, 6.07) is 18.0. The van der Waals surface area contributed by atoms with Gasteiger partial charge in [-0.3, -0.25) is 14.8 Å². The van der Waals surface area contributed by atoms with Crippen LogP contribution in [0.3, 0.4) is 0 Å². The molecular formula is C26H32FN2O6+. The Morgan fingerprint density at radius 1 is 1.09 bits per heavy atom. The number of esters is 1. The summed E-state index contributed by atoms with van der Waals surface area (Å²) in [5, 5.41) is 18.4. The average Bonchev–Trinajstić information content (AvgIpc) is 2.82. The van der Waals surface area contributed by atoms with E-state index in [2.05, 4.69) is 0 Å². The second kappa shape index (κ2) is 14.9. The highest BCUT2D eigenvalue weighted by atomic mass is 19.1. The maximum atomic E-state index is 12.3. The fourth-order valence-electron chi connectivity index (χ4n) is 2.76. The number of pyridine rings is 1. The molecule has 9 heteroatoms. The monoisotopic (exact) mass is 487 g/mol. The molecule has 3 aromatic rings. The van der Waals surface area contributed by atoms with E-state index < -0.39 is 17.4 Å². The normalized spacial score (nSPS) is 10.5. The van der Waals surface area contributed by atoms with Gasteiger partial charge in [0.2, 0.25) is 11.9 Å². The average molecular weight is 488 g/mol. The third-order valence-corrected chi connectivity index (χ3v) is 4.57. The van der Waals surface area contributed by atoms with Crippen LogP contribution in [0.5, 0.6) is 11.5 Å². The third-order valence-electron chi connectivity index (χ3n) is 4.57. The predicted octanol–water partition coefficient (Wildman–Crippen LogP) is 3.73. The summed E-state index contributed by atoms with van der Waals surface area (Å²) in [7, 11) is 1.32. The second-order valence-electron chi connectivity index (χ2n) is 7.38. The lowest BCUT2D eigenvalue weighted by Crippen LogP contribution is -2.39. The molecule has 0 saturated heterocycles. The first-order valence-corrected chi connectivity index (χ1v) is 10.9. The Bertz CT molecular complexity index is 1070. The molecular weight excluding hydrogens is 455 g/mol. The maximum absolute atomic E-state index is 12.3. The van der Waals surface area contributed by atoms with Crippen LogP contribution >= 0.6 is 0 Å². The number of aryl methyl sites for hydroxylation is 1. The number of halogens is 1. The molecule has 0 aliphatic carbocycles. The number of nitrogens with two attached hydrogens (primary N) is 1. The fourth-order valence-corrected chi connectivity index (χ4v) is 2.76. The van der Waals surface area contributed by atoms with Crippen LogP contribution in [0.15, 0.2) is 66.9 Å². The molecule has 188 valence electrons. The number of hydrogen-bond acceptors (Lipinski definition) is 6. The van der Waals surface area contributed by atoms with Gasteiger partial charge in [-0.1, -0.05) is 55.5 Å². The first-order chi connectivity index (χ1) is 16.6. The lowest BCUT2D eigenvalue weighted by atomic mass is 10.1. The predicted molar refractivity (Wildman–Crippen MR) is 128 cm³/mol. The SMILES string of the molecule is CCC(=O)OC(C)Cc1ccccc1.COc1cc[n+](O)c(C(N)=O)c1O.Cc1ccccc1F. The van der Waals surface area contributed by atoms with Gasteiger partial charge in [0.25, 0.3) is 0 Å². The summed E-state index contributed by atoms with van der Waals surface area (Å²) in [6.07, 6.45) is 2.33. The van der Waals surface area contributed by atoms with Gasteiger partial charge in [0.05, 0.1) is 13.2 Å². The van der Waals surface area contributed by atoms with Crippen LogP contribution in [0.1, 0.15) is 41.9 Å². The first-order valence-electron chi connectivity index (χ1n) is 10.9. The number of carbonyl (C=O) groups excluding carboxylic acids is 2. The molecule has 2 aromatic carbocycles. The lowest BCUT2D eigenvalue weighted by molar-refractivity contribution is -0.906. The van der Waals surface area contributed by atoms with E-state index in [-0.39, 0.29) is 23.6 Å². The summed E-state index contributed by atoms with van der Waals surface area (Å²) in [6.45, 7) is 5.47. The Morgan fingerprint density at radius 3 is 2.17 bits per heavy atom. The summed E-state index contributed by atoms with van der Waals surface area (Å²) in [4.78, 5) is 21.7. The number of methoxy groups -OCH3 is 1. The van der Waals surface area contributed by atoms with E-state index in [9.17, 15) is 19.1 Å². The van der Waals surface area contributed by atoms with Crippen molar-refractivity contribution in [3.63, 3.8) is 0 Å². The number of nitrogens with zero attached hydrogens (tertiary/aromatic N) is 1. The fraction of sp³-hybridized carbons (Fsp3) is 0.269. The second-order valence-corrected chi connectivity index (χ2v) is 7.38. The van der Waals surface area contributed by atoms with E-state index >= 15 is 0 Å². The van der Waals surface area contributed by atoms with E-state index in [1.807, 2.05) is 43.3 Å². The largest absolute Gasteiger partial charge is 0.499 e. The Morgan fingerprint density at radius 2 is 1.69 bits per heavy atom. The molecule has 1 unspecified atom stereocenters. The van der Waals surface area contributed by atoms with Crippen molar-refractivity contribution >= 4 is 11.9 Å². The van der Waals surface area contributed by atoms with Crippen molar-refractivity contribution in [3.05, 3.63) is 89.5 Å². The molecule has 4 N–H and O–H groups in total. The van der Waals surface area contributed by atoms with Gasteiger partial charge in [0.1, 0.15) is 11.9 Å². The van der Waals surface area contributed by atoms with Gasteiger partial charge < -0.3 is 20.3 Å². The molecule has 1 heterocycles. The highest BCUT2D eigenvalue weighted by Gasteiger charge is 2.26. The summed E-state index contributed by atoms with van der Waals surface area (Å²) < 4.78 is 22.6. The minimum absolute atomic E-state index is 0.0372. The van der Waals surface area contributed by atoms with Gasteiger partial charge in [-0.15, -0.1) is 0 Å². The minimum Gasteiger partial charge on any atom is -0.499 e. The van der Waals surface area contributed by atoms with Crippen molar-refractivity contribution in [1.29, 1.82) is 0 Å². The van der Waals surface area contributed by atoms with Crippen LogP contribution in [-0.4, -0.2) is 35.4 Å². The zero-order valence-corrected chi connectivity index (χ0v) is 20.3. The quantitative estimate of drug-likeness (QED) is 0.277. The smallest absolute Gasteiger partial charge is 0.366 e. The molecule has 0 spiro atoms. The summed E-state index contributed by atoms with van der Waals surface area (Å²) in [5.41, 5.74) is 6.39. The van der Waals surface area contributed by atoms with E-state index in [4.69, 9.17) is 20.4 Å². The maximum Gasteiger partial charge on any atom is 0.366 e. The molecule has 0 fully saturated rings. The molecule has 0 aliphatic rings. The molecule has 0 radical (unpaired) electrons. The first kappa shape index (κ1) is 28.9. The van der Waals surface area contributed by atoms with Gasteiger partial charge >= 0.3 is 17.6 Å². The number of amides is 1. The molecule has 0 bridgehead atoms. The van der Waals surface area contributed by atoms with Crippen LogP contribution in [0.4, 0.5) is 4.39 Å². The molecule has 35 heavy (non-hydrogen) atoms. The van der Waals surface area contributed by atoms with Gasteiger partial charge in [-0.25, -0.2) is 4.39 Å². The molecule has 0 aliphatic heterocycles. The zero-order valence-electron chi connectivity index (χ0n) is 20.3. The summed E-state index contributed by atoms with van der Waals surface area (Å²) >= 11 is 0. The van der Waals surface area contributed by atoms with Crippen molar-refractivity contribution < 1.29 is 38.5 Å². The highest BCUT2D eigenvalue weighted by molar-refractivity contribution is 5.92. The number of hydrogen-bond donors (Lipinski definition) is 3. The van der Waals surface area contributed by atoms with Crippen LogP contribution in [0.25, 0.3) is 0 Å². The van der Waals surface area contributed by atoms with Crippen molar-refractivity contribution in [2.24, 2.45) is 5.73 Å². The molecule has 8 nitrogen and oxygen atoms in total. The standard InChI is InChI=1S/C12H16O2.C7H7F.C7H8N2O4/c1-3-12(13)14-10(2)9-11-7-5-4-6-8-11;1-6-4-2-3-5-7(6)8;1-13-4-2-3-9(12)5(6(4)10)7(8)11/h4-8,10H,3,9H2,1-2H3;2-5H,1H3;2-3H,1H3,(H3-,8,10,11,12)/p+1. The third kappa shape index (κ3) is 10.1. The zero-order chi connectivity index (χ0) is 26.4. The lowest BCUT2D eigenvalue weighted by Gasteiger charge is -2.12. The summed E-state index contributed by atoms with van der Waals surface area (Å²) in [5.74, 6) is -1.63. The van der Waals surface area contributed by atoms with Crippen LogP contribution in [0, 0.1) is 12.7 Å². The van der Waals surface area contributed by atoms with Crippen LogP contribution < -0.4 is 15.2 Å². The van der Waals surface area contributed by atoms with Crippen molar-refractivity contribution in [3.8, 4) is 11.5 Å². The number of aromatic hydroxyl groups is 1. The Balaban J connectivity index is 0.000000272.